The van der Waals surface area contributed by atoms with E-state index in [-0.39, 0.29) is 11.3 Å². The van der Waals surface area contributed by atoms with Gasteiger partial charge < -0.3 is 35.4 Å². The summed E-state index contributed by atoms with van der Waals surface area (Å²) in [5.41, 5.74) is -0.116. The lowest BCUT2D eigenvalue weighted by atomic mass is 10.0. The molecule has 0 aliphatic carbocycles. The fourth-order valence-corrected chi connectivity index (χ4v) is 1.55. The maximum Gasteiger partial charge on any atom is 0.342 e. The minimum absolute atomic E-state index is 0.116. The number of carbonyl (C=O) groups is 1. The Morgan fingerprint density at radius 2 is 1.62 bits per heavy atom. The number of aliphatic hydroxyl groups excluding tert-OH is 5. The molecule has 0 heterocycles. The number of phenols is 1. The van der Waals surface area contributed by atoms with Gasteiger partial charge in [0.1, 0.15) is 42.3 Å². The van der Waals surface area contributed by atoms with E-state index >= 15 is 0 Å². The molecule has 1 aromatic rings. The van der Waals surface area contributed by atoms with Gasteiger partial charge in [0.05, 0.1) is 6.61 Å². The fourth-order valence-electron chi connectivity index (χ4n) is 1.55. The Hall–Kier alpha value is -1.71. The van der Waals surface area contributed by atoms with Crippen LogP contribution in [0.5, 0.6) is 5.75 Å². The van der Waals surface area contributed by atoms with Crippen molar-refractivity contribution in [3.8, 4) is 5.75 Å². The van der Waals surface area contributed by atoms with Crippen molar-refractivity contribution in [2.24, 2.45) is 0 Å². The van der Waals surface area contributed by atoms with Crippen molar-refractivity contribution >= 4 is 5.97 Å². The number of hydrogen-bond donors (Lipinski definition) is 6. The molecule has 6 N–H and O–H groups in total. The summed E-state index contributed by atoms with van der Waals surface area (Å²) in [4.78, 5) is 11.6. The molecular formula is C13H18O8. The summed E-state index contributed by atoms with van der Waals surface area (Å²) >= 11 is 0. The van der Waals surface area contributed by atoms with E-state index in [0.29, 0.717) is 0 Å². The number of aliphatic hydroxyl groups is 5. The van der Waals surface area contributed by atoms with E-state index < -0.39 is 43.6 Å². The summed E-state index contributed by atoms with van der Waals surface area (Å²) in [6, 6.07) is 5.61. The third kappa shape index (κ3) is 4.66. The molecule has 0 amide bonds. The highest BCUT2D eigenvalue weighted by Gasteiger charge is 2.30. The van der Waals surface area contributed by atoms with E-state index in [9.17, 15) is 25.2 Å². The summed E-state index contributed by atoms with van der Waals surface area (Å²) in [7, 11) is 0. The van der Waals surface area contributed by atoms with Crippen LogP contribution in [-0.4, -0.2) is 74.2 Å². The summed E-state index contributed by atoms with van der Waals surface area (Å²) in [6.45, 7) is -1.47. The predicted octanol–water partition coefficient (Wildman–Crippen LogP) is -2.02. The quantitative estimate of drug-likeness (QED) is 0.316. The minimum Gasteiger partial charge on any atom is -0.507 e. The Balaban J connectivity index is 2.55. The lowest BCUT2D eigenvalue weighted by molar-refractivity contribution is -0.124. The van der Waals surface area contributed by atoms with Gasteiger partial charge in [-0.1, -0.05) is 12.1 Å². The molecule has 0 unspecified atom stereocenters. The molecule has 0 bridgehead atoms. The maximum absolute atomic E-state index is 11.6. The first-order chi connectivity index (χ1) is 9.88. The van der Waals surface area contributed by atoms with Crippen LogP contribution >= 0.6 is 0 Å². The number of rotatable bonds is 7. The predicted molar refractivity (Wildman–Crippen MR) is 69.5 cm³/mol. The second-order valence-electron chi connectivity index (χ2n) is 4.41. The number of carbonyl (C=O) groups excluding carboxylic acids is 1. The summed E-state index contributed by atoms with van der Waals surface area (Å²) in [5, 5.41) is 55.6. The monoisotopic (exact) mass is 302 g/mol. The van der Waals surface area contributed by atoms with Gasteiger partial charge in [0.25, 0.3) is 0 Å². The van der Waals surface area contributed by atoms with Gasteiger partial charge in [-0.05, 0) is 12.1 Å². The van der Waals surface area contributed by atoms with Gasteiger partial charge in [0.15, 0.2) is 0 Å². The minimum atomic E-state index is -1.82. The molecule has 0 fully saturated rings. The average molecular weight is 302 g/mol. The van der Waals surface area contributed by atoms with Gasteiger partial charge in [-0.25, -0.2) is 4.79 Å². The zero-order chi connectivity index (χ0) is 16.0. The number of phenolic OH excluding ortho intramolecular Hbond substituents is 1. The van der Waals surface area contributed by atoms with Crippen LogP contribution in [0.1, 0.15) is 10.4 Å². The van der Waals surface area contributed by atoms with Gasteiger partial charge in [0.2, 0.25) is 0 Å². The van der Waals surface area contributed by atoms with E-state index in [1.807, 2.05) is 0 Å². The highest BCUT2D eigenvalue weighted by molar-refractivity contribution is 5.92. The van der Waals surface area contributed by atoms with Crippen LogP contribution in [0.2, 0.25) is 0 Å². The molecule has 118 valence electrons. The Bertz CT molecular complexity index is 463. The van der Waals surface area contributed by atoms with Crippen molar-refractivity contribution < 1.29 is 40.2 Å². The lowest BCUT2D eigenvalue weighted by Gasteiger charge is -2.25. The highest BCUT2D eigenvalue weighted by Crippen LogP contribution is 2.17. The molecule has 8 heteroatoms. The Morgan fingerprint density at radius 3 is 2.19 bits per heavy atom. The number of aromatic hydroxyl groups is 1. The highest BCUT2D eigenvalue weighted by atomic mass is 16.5. The van der Waals surface area contributed by atoms with Gasteiger partial charge >= 0.3 is 5.97 Å². The third-order valence-corrected chi connectivity index (χ3v) is 2.83. The number of benzene rings is 1. The van der Waals surface area contributed by atoms with Crippen LogP contribution in [-0.2, 0) is 4.74 Å². The van der Waals surface area contributed by atoms with E-state index in [4.69, 9.17) is 14.9 Å². The van der Waals surface area contributed by atoms with Crippen LogP contribution in [0, 0.1) is 0 Å². The van der Waals surface area contributed by atoms with Crippen LogP contribution < -0.4 is 0 Å². The Labute approximate surface area is 120 Å². The van der Waals surface area contributed by atoms with Gasteiger partial charge in [-0.3, -0.25) is 0 Å². The van der Waals surface area contributed by atoms with E-state index in [0.717, 1.165) is 0 Å². The summed E-state index contributed by atoms with van der Waals surface area (Å²) in [6.07, 6.45) is -6.92. The van der Waals surface area contributed by atoms with Crippen LogP contribution in [0.25, 0.3) is 0 Å². The molecule has 8 nitrogen and oxygen atoms in total. The third-order valence-electron chi connectivity index (χ3n) is 2.83. The average Bonchev–Trinajstić information content (AvgIpc) is 2.50. The Kier molecular flexibility index (Phi) is 6.53. The first-order valence-corrected chi connectivity index (χ1v) is 6.16. The normalized spacial score (nSPS) is 16.8. The molecule has 0 spiro atoms. The van der Waals surface area contributed by atoms with Crippen LogP contribution in [0.15, 0.2) is 24.3 Å². The number of esters is 1. The number of hydrogen-bond acceptors (Lipinski definition) is 8. The molecule has 0 aliphatic rings. The first-order valence-electron chi connectivity index (χ1n) is 6.16. The molecule has 0 saturated heterocycles. The number of para-hydroxylation sites is 1. The molecule has 0 aliphatic heterocycles. The first kappa shape index (κ1) is 17.3. The molecule has 1 aromatic carbocycles. The molecule has 1 rings (SSSR count). The SMILES string of the molecule is O=C(OC[C@H](O)[C@H](O)[C@H](O)[C@H](O)CO)c1ccccc1O. The van der Waals surface area contributed by atoms with Gasteiger partial charge in [-0.15, -0.1) is 0 Å². The maximum atomic E-state index is 11.6. The summed E-state index contributed by atoms with van der Waals surface area (Å²) in [5.74, 6) is -1.22. The largest absolute Gasteiger partial charge is 0.507 e. The van der Waals surface area contributed by atoms with Crippen molar-refractivity contribution in [3.63, 3.8) is 0 Å². The van der Waals surface area contributed by atoms with Gasteiger partial charge in [0, 0.05) is 0 Å². The lowest BCUT2D eigenvalue weighted by Crippen LogP contribution is -2.47. The second kappa shape index (κ2) is 7.91. The molecular weight excluding hydrogens is 284 g/mol. The van der Waals surface area contributed by atoms with E-state index in [1.165, 1.54) is 24.3 Å². The standard InChI is InChI=1S/C13H18O8/c14-5-9(16)11(18)12(19)10(17)6-21-13(20)7-3-1-2-4-8(7)15/h1-4,9-12,14-19H,5-6H2/t9-,10+,11-,12+/m1/s1. The molecule has 0 saturated carbocycles. The molecule has 21 heavy (non-hydrogen) atoms. The molecule has 4 atom stereocenters. The van der Waals surface area contributed by atoms with E-state index in [1.54, 1.807) is 0 Å². The van der Waals surface area contributed by atoms with Crippen molar-refractivity contribution in [2.75, 3.05) is 13.2 Å². The fraction of sp³-hybridized carbons (Fsp3) is 0.462. The number of ether oxygens (including phenoxy) is 1. The second-order valence-corrected chi connectivity index (χ2v) is 4.41. The zero-order valence-corrected chi connectivity index (χ0v) is 11.0. The Morgan fingerprint density at radius 1 is 1.05 bits per heavy atom. The van der Waals surface area contributed by atoms with Gasteiger partial charge in [-0.2, -0.15) is 0 Å². The van der Waals surface area contributed by atoms with Crippen LogP contribution in [0.3, 0.4) is 0 Å². The molecule has 0 aromatic heterocycles. The zero-order valence-electron chi connectivity index (χ0n) is 11.0. The smallest absolute Gasteiger partial charge is 0.342 e. The topological polar surface area (TPSA) is 148 Å². The van der Waals surface area contributed by atoms with Crippen molar-refractivity contribution in [3.05, 3.63) is 29.8 Å². The van der Waals surface area contributed by atoms with E-state index in [2.05, 4.69) is 0 Å². The van der Waals surface area contributed by atoms with Crippen molar-refractivity contribution in [2.45, 2.75) is 24.4 Å². The molecule has 0 radical (unpaired) electrons. The van der Waals surface area contributed by atoms with Crippen molar-refractivity contribution in [1.82, 2.24) is 0 Å². The van der Waals surface area contributed by atoms with Crippen LogP contribution in [0.4, 0.5) is 0 Å². The van der Waals surface area contributed by atoms with Crippen molar-refractivity contribution in [1.29, 1.82) is 0 Å². The summed E-state index contributed by atoms with van der Waals surface area (Å²) < 4.78 is 4.69.